The number of rotatable bonds is 5. The molecule has 1 nitrogen and oxygen atoms in total. The molecule has 0 aliphatic carbocycles. The number of hydrogen-bond acceptors (Lipinski definition) is 2. The molecule has 0 aliphatic rings. The van der Waals surface area contributed by atoms with Crippen LogP contribution in [0.4, 0.5) is 12.9 Å². The summed E-state index contributed by atoms with van der Waals surface area (Å²) in [6.45, 7) is -1.90. The average Bonchev–Trinajstić information content (AvgIpc) is 2.25. The number of thioether (sulfide) groups is 1. The molecule has 0 saturated carbocycles. The van der Waals surface area contributed by atoms with Crippen LogP contribution in [0.15, 0.2) is 41.2 Å². The Morgan fingerprint density at radius 3 is 2.69 bits per heavy atom. The first kappa shape index (κ1) is 13.0. The zero-order valence-electron chi connectivity index (χ0n) is 8.75. The molecular formula is C10H11BF3OS-. The van der Waals surface area contributed by atoms with Crippen LogP contribution in [0.5, 0.6) is 5.75 Å². The van der Waals surface area contributed by atoms with Gasteiger partial charge in [0.05, 0.1) is 7.11 Å². The third-order valence-electron chi connectivity index (χ3n) is 1.93. The van der Waals surface area contributed by atoms with E-state index in [2.05, 4.69) is 6.58 Å². The third-order valence-corrected chi connectivity index (χ3v) is 3.03. The second kappa shape index (κ2) is 5.34. The van der Waals surface area contributed by atoms with Crippen molar-refractivity contribution in [1.82, 2.24) is 0 Å². The largest absolute Gasteiger partial charge is 0.505 e. The summed E-state index contributed by atoms with van der Waals surface area (Å²) >= 11 is 1.10. The van der Waals surface area contributed by atoms with Gasteiger partial charge in [-0.3, -0.25) is 0 Å². The lowest BCUT2D eigenvalue weighted by molar-refractivity contribution is 0.413. The highest BCUT2D eigenvalue weighted by molar-refractivity contribution is 7.99. The number of methoxy groups -OCH3 is 1. The molecule has 0 N–H and O–H groups in total. The van der Waals surface area contributed by atoms with Crippen molar-refractivity contribution in [3.05, 3.63) is 36.3 Å². The molecule has 0 aliphatic heterocycles. The minimum absolute atomic E-state index is 0.142. The Balaban J connectivity index is 2.58. The van der Waals surface area contributed by atoms with Gasteiger partial charge in [0.2, 0.25) is 0 Å². The maximum atomic E-state index is 12.2. The van der Waals surface area contributed by atoms with Crippen LogP contribution < -0.4 is 4.74 Å². The second-order valence-corrected chi connectivity index (χ2v) is 4.25. The van der Waals surface area contributed by atoms with Crippen molar-refractivity contribution in [3.8, 4) is 5.75 Å². The molecule has 1 aromatic rings. The molecule has 0 radical (unpaired) electrons. The van der Waals surface area contributed by atoms with Crippen molar-refractivity contribution in [2.75, 3.05) is 12.9 Å². The minimum atomic E-state index is -4.93. The highest BCUT2D eigenvalue weighted by Crippen LogP contribution is 2.28. The summed E-state index contributed by atoms with van der Waals surface area (Å²) in [5, 5.41) is 0. The molecule has 6 heteroatoms. The van der Waals surface area contributed by atoms with Gasteiger partial charge in [0.25, 0.3) is 0 Å². The number of halogens is 3. The van der Waals surface area contributed by atoms with Gasteiger partial charge in [-0.25, -0.2) is 0 Å². The zero-order valence-corrected chi connectivity index (χ0v) is 9.57. The standard InChI is InChI=1S/C10H11BF3OS/c1-8(11(12,13)14)7-16-10-5-3-4-9(6-10)15-2/h3-6H,1,7H2,2H3/q-1. The van der Waals surface area contributed by atoms with Crippen LogP contribution in [0.25, 0.3) is 0 Å². The van der Waals surface area contributed by atoms with E-state index >= 15 is 0 Å². The van der Waals surface area contributed by atoms with E-state index in [1.807, 2.05) is 0 Å². The Labute approximate surface area is 96.7 Å². The molecule has 0 spiro atoms. The monoisotopic (exact) mass is 247 g/mol. The van der Waals surface area contributed by atoms with E-state index in [0.29, 0.717) is 5.75 Å². The highest BCUT2D eigenvalue weighted by Gasteiger charge is 2.26. The van der Waals surface area contributed by atoms with Crippen LogP contribution in [0.1, 0.15) is 0 Å². The fourth-order valence-corrected chi connectivity index (χ4v) is 1.88. The Hall–Kier alpha value is -1.04. The molecule has 0 saturated heterocycles. The van der Waals surface area contributed by atoms with E-state index in [4.69, 9.17) is 4.74 Å². The topological polar surface area (TPSA) is 9.23 Å². The van der Waals surface area contributed by atoms with Gasteiger partial charge >= 0.3 is 6.98 Å². The smallest absolute Gasteiger partial charge is 0.497 e. The molecule has 88 valence electrons. The van der Waals surface area contributed by atoms with E-state index in [-0.39, 0.29) is 5.75 Å². The van der Waals surface area contributed by atoms with Crippen molar-refractivity contribution in [2.24, 2.45) is 0 Å². The van der Waals surface area contributed by atoms with Crippen LogP contribution in [-0.4, -0.2) is 19.8 Å². The van der Waals surface area contributed by atoms with Gasteiger partial charge in [-0.05, 0) is 24.0 Å². The SMILES string of the molecule is C=C(CSc1cccc(OC)c1)[B-](F)(F)F. The van der Waals surface area contributed by atoms with E-state index in [1.54, 1.807) is 24.3 Å². The molecule has 1 aromatic carbocycles. The Morgan fingerprint density at radius 2 is 2.12 bits per heavy atom. The lowest BCUT2D eigenvalue weighted by Gasteiger charge is -2.17. The molecule has 0 amide bonds. The highest BCUT2D eigenvalue weighted by atomic mass is 32.2. The summed E-state index contributed by atoms with van der Waals surface area (Å²) in [6, 6.07) is 6.92. The second-order valence-electron chi connectivity index (χ2n) is 3.20. The Kier molecular flexibility index (Phi) is 4.35. The maximum Gasteiger partial charge on any atom is 0.505 e. The molecule has 0 heterocycles. The van der Waals surface area contributed by atoms with Crippen molar-refractivity contribution in [3.63, 3.8) is 0 Å². The lowest BCUT2D eigenvalue weighted by atomic mass is 9.82. The minimum Gasteiger partial charge on any atom is -0.497 e. The zero-order chi connectivity index (χ0) is 12.2. The molecule has 0 unspecified atom stereocenters. The number of hydrogen-bond donors (Lipinski definition) is 0. The molecular weight excluding hydrogens is 236 g/mol. The van der Waals surface area contributed by atoms with Gasteiger partial charge < -0.3 is 17.7 Å². The fraction of sp³-hybridized carbons (Fsp3) is 0.200. The van der Waals surface area contributed by atoms with Crippen LogP contribution in [-0.2, 0) is 0 Å². The molecule has 0 bridgehead atoms. The Bertz CT molecular complexity index is 379. The van der Waals surface area contributed by atoms with Crippen LogP contribution >= 0.6 is 11.8 Å². The molecule has 0 atom stereocenters. The molecule has 0 fully saturated rings. The molecule has 1 rings (SSSR count). The third kappa shape index (κ3) is 3.85. The summed E-state index contributed by atoms with van der Waals surface area (Å²) in [6.07, 6.45) is 0. The molecule has 0 aromatic heterocycles. The summed E-state index contributed by atoms with van der Waals surface area (Å²) in [4.78, 5) is 0.737. The lowest BCUT2D eigenvalue weighted by Crippen LogP contribution is -2.20. The summed E-state index contributed by atoms with van der Waals surface area (Å²) < 4.78 is 41.6. The molecule has 16 heavy (non-hydrogen) atoms. The van der Waals surface area contributed by atoms with Gasteiger partial charge in [0.1, 0.15) is 5.75 Å². The van der Waals surface area contributed by atoms with Crippen LogP contribution in [0.3, 0.4) is 0 Å². The quantitative estimate of drug-likeness (QED) is 0.579. The van der Waals surface area contributed by atoms with Crippen LogP contribution in [0.2, 0.25) is 0 Å². The van der Waals surface area contributed by atoms with Crippen LogP contribution in [0, 0.1) is 0 Å². The first-order chi connectivity index (χ1) is 7.43. The van der Waals surface area contributed by atoms with Gasteiger partial charge in [0, 0.05) is 4.90 Å². The van der Waals surface area contributed by atoms with E-state index in [0.717, 1.165) is 16.7 Å². The van der Waals surface area contributed by atoms with Gasteiger partial charge in [-0.2, -0.15) is 0 Å². The van der Waals surface area contributed by atoms with E-state index in [9.17, 15) is 12.9 Å². The van der Waals surface area contributed by atoms with Gasteiger partial charge in [0.15, 0.2) is 0 Å². The number of benzene rings is 1. The van der Waals surface area contributed by atoms with E-state index < -0.39 is 12.4 Å². The first-order valence-corrected chi connectivity index (χ1v) is 5.56. The fourth-order valence-electron chi connectivity index (χ4n) is 0.961. The summed E-state index contributed by atoms with van der Waals surface area (Å²) in [5.41, 5.74) is -0.673. The number of ether oxygens (including phenoxy) is 1. The van der Waals surface area contributed by atoms with E-state index in [1.165, 1.54) is 7.11 Å². The summed E-state index contributed by atoms with van der Waals surface area (Å²) in [5.74, 6) is 0.490. The average molecular weight is 247 g/mol. The predicted molar refractivity (Wildman–Crippen MR) is 61.9 cm³/mol. The van der Waals surface area contributed by atoms with Crippen molar-refractivity contribution < 1.29 is 17.7 Å². The van der Waals surface area contributed by atoms with Gasteiger partial charge in [-0.1, -0.05) is 6.07 Å². The Morgan fingerprint density at radius 1 is 1.44 bits per heavy atom. The van der Waals surface area contributed by atoms with Crippen molar-refractivity contribution in [1.29, 1.82) is 0 Å². The van der Waals surface area contributed by atoms with Crippen molar-refractivity contribution >= 4 is 18.7 Å². The van der Waals surface area contributed by atoms with Gasteiger partial charge in [-0.15, -0.1) is 23.8 Å². The van der Waals surface area contributed by atoms with Crippen molar-refractivity contribution in [2.45, 2.75) is 4.90 Å². The predicted octanol–water partition coefficient (Wildman–Crippen LogP) is 3.73. The normalized spacial score (nSPS) is 11.2. The first-order valence-electron chi connectivity index (χ1n) is 4.58. The maximum absolute atomic E-state index is 12.2. The summed E-state index contributed by atoms with van der Waals surface area (Å²) in [7, 11) is 1.52.